The molecule has 3 aromatic rings. The normalized spacial score (nSPS) is 15.5. The van der Waals surface area contributed by atoms with Crippen molar-refractivity contribution in [2.75, 3.05) is 13.7 Å². The van der Waals surface area contributed by atoms with Crippen LogP contribution in [0.5, 0.6) is 11.5 Å². The van der Waals surface area contributed by atoms with Gasteiger partial charge >= 0.3 is 11.9 Å². The van der Waals surface area contributed by atoms with Gasteiger partial charge in [-0.3, -0.25) is 14.2 Å². The molecule has 0 bridgehead atoms. The molecule has 0 N–H and O–H groups in total. The number of rotatable bonds is 6. The van der Waals surface area contributed by atoms with Gasteiger partial charge in [-0.1, -0.05) is 23.5 Å². The molecule has 8 nitrogen and oxygen atoms in total. The fourth-order valence-corrected chi connectivity index (χ4v) is 5.54. The van der Waals surface area contributed by atoms with E-state index in [1.54, 1.807) is 42.7 Å². The Balaban J connectivity index is 1.86. The molecule has 4 rings (SSSR count). The van der Waals surface area contributed by atoms with Crippen LogP contribution in [0.25, 0.3) is 6.08 Å². The summed E-state index contributed by atoms with van der Waals surface area (Å²) in [5.41, 5.74) is 1.30. The van der Waals surface area contributed by atoms with Gasteiger partial charge in [0.05, 0.1) is 29.5 Å². The molecule has 0 saturated carbocycles. The van der Waals surface area contributed by atoms with Crippen molar-refractivity contribution < 1.29 is 23.8 Å². The quantitative estimate of drug-likeness (QED) is 0.383. The number of thiophene rings is 1. The third kappa shape index (κ3) is 4.46. The lowest BCUT2D eigenvalue weighted by molar-refractivity contribution is -0.139. The van der Waals surface area contributed by atoms with Crippen LogP contribution in [0.3, 0.4) is 0 Å². The van der Waals surface area contributed by atoms with Crippen molar-refractivity contribution >= 4 is 40.7 Å². The molecule has 10 heteroatoms. The van der Waals surface area contributed by atoms with E-state index in [1.165, 1.54) is 36.7 Å². The Bertz CT molecular complexity index is 1460. The number of hydrogen-bond acceptors (Lipinski definition) is 9. The smallest absolute Gasteiger partial charge is 0.338 e. The SMILES string of the molecule is CCOC(=O)C1=C(C)N=c2s/c(=C\c3ccc(OC(C)=O)c(OC)c3)c(=O)n2C1c1cccs1. The number of hydrogen-bond donors (Lipinski definition) is 0. The van der Waals surface area contributed by atoms with Gasteiger partial charge in [0.2, 0.25) is 0 Å². The van der Waals surface area contributed by atoms with Crippen molar-refractivity contribution in [1.82, 2.24) is 4.57 Å². The number of allylic oxidation sites excluding steroid dienone is 1. The van der Waals surface area contributed by atoms with Gasteiger partial charge in [-0.05, 0) is 49.1 Å². The summed E-state index contributed by atoms with van der Waals surface area (Å²) in [6.45, 7) is 5.03. The zero-order chi connectivity index (χ0) is 24.4. The minimum atomic E-state index is -0.613. The number of methoxy groups -OCH3 is 1. The highest BCUT2D eigenvalue weighted by Crippen LogP contribution is 2.33. The van der Waals surface area contributed by atoms with Gasteiger partial charge in [0, 0.05) is 11.8 Å². The van der Waals surface area contributed by atoms with Gasteiger partial charge in [-0.25, -0.2) is 9.79 Å². The largest absolute Gasteiger partial charge is 0.493 e. The molecule has 0 spiro atoms. The Morgan fingerprint density at radius 3 is 2.68 bits per heavy atom. The average Bonchev–Trinajstić information content (AvgIpc) is 3.42. The first-order chi connectivity index (χ1) is 16.3. The van der Waals surface area contributed by atoms with E-state index in [4.69, 9.17) is 14.2 Å². The van der Waals surface area contributed by atoms with Crippen molar-refractivity contribution in [3.63, 3.8) is 0 Å². The Kier molecular flexibility index (Phi) is 6.80. The standard InChI is InChI=1S/C24H22N2O6S2/c1-5-31-23(29)20-13(2)25-24-26(21(20)18-7-6-10-33-18)22(28)19(34-24)12-15-8-9-16(32-14(3)27)17(11-15)30-4/h6-12,21H,5H2,1-4H3/b19-12-. The van der Waals surface area contributed by atoms with E-state index in [0.29, 0.717) is 37.7 Å². The molecular weight excluding hydrogens is 476 g/mol. The van der Waals surface area contributed by atoms with Crippen LogP contribution in [0.4, 0.5) is 0 Å². The molecule has 0 fully saturated rings. The van der Waals surface area contributed by atoms with Crippen LogP contribution < -0.4 is 24.4 Å². The Labute approximate surface area is 203 Å². The topological polar surface area (TPSA) is 96.2 Å². The lowest BCUT2D eigenvalue weighted by Crippen LogP contribution is -2.39. The maximum Gasteiger partial charge on any atom is 0.338 e. The molecule has 1 atom stereocenters. The fraction of sp³-hybridized carbons (Fsp3) is 0.250. The number of benzene rings is 1. The van der Waals surface area contributed by atoms with E-state index < -0.39 is 18.0 Å². The number of fused-ring (bicyclic) bond motifs is 1. The number of carbonyl (C=O) groups excluding carboxylic acids is 2. The Hall–Kier alpha value is -3.50. The van der Waals surface area contributed by atoms with Gasteiger partial charge in [0.25, 0.3) is 5.56 Å². The van der Waals surface area contributed by atoms with Gasteiger partial charge in [-0.2, -0.15) is 0 Å². The minimum Gasteiger partial charge on any atom is -0.493 e. The maximum atomic E-state index is 13.5. The molecule has 1 aliphatic heterocycles. The second-order valence-electron chi connectivity index (χ2n) is 7.32. The summed E-state index contributed by atoms with van der Waals surface area (Å²) < 4.78 is 17.7. The molecule has 0 amide bonds. The highest BCUT2D eigenvalue weighted by molar-refractivity contribution is 7.10. The van der Waals surface area contributed by atoms with Crippen molar-refractivity contribution in [3.05, 3.63) is 77.1 Å². The van der Waals surface area contributed by atoms with Gasteiger partial charge < -0.3 is 14.2 Å². The maximum absolute atomic E-state index is 13.5. The van der Waals surface area contributed by atoms with Gasteiger partial charge in [0.1, 0.15) is 6.04 Å². The lowest BCUT2D eigenvalue weighted by Gasteiger charge is -2.23. The predicted octanol–water partition coefficient (Wildman–Crippen LogP) is 2.79. The van der Waals surface area contributed by atoms with Crippen LogP contribution >= 0.6 is 22.7 Å². The van der Waals surface area contributed by atoms with Crippen molar-refractivity contribution in [2.45, 2.75) is 26.8 Å². The Morgan fingerprint density at radius 1 is 1.24 bits per heavy atom. The van der Waals surface area contributed by atoms with E-state index in [-0.39, 0.29) is 12.2 Å². The van der Waals surface area contributed by atoms with E-state index in [2.05, 4.69) is 4.99 Å². The zero-order valence-corrected chi connectivity index (χ0v) is 20.6. The molecule has 0 saturated heterocycles. The van der Waals surface area contributed by atoms with E-state index in [9.17, 15) is 14.4 Å². The number of thiazole rings is 1. The predicted molar refractivity (Wildman–Crippen MR) is 129 cm³/mol. The van der Waals surface area contributed by atoms with Crippen molar-refractivity contribution in [3.8, 4) is 11.5 Å². The van der Waals surface area contributed by atoms with E-state index in [0.717, 1.165) is 4.88 Å². The number of esters is 2. The van der Waals surface area contributed by atoms with Crippen LogP contribution in [0, 0.1) is 0 Å². The van der Waals surface area contributed by atoms with E-state index >= 15 is 0 Å². The molecule has 2 aromatic heterocycles. The molecule has 176 valence electrons. The van der Waals surface area contributed by atoms with Gasteiger partial charge in [-0.15, -0.1) is 11.3 Å². The summed E-state index contributed by atoms with van der Waals surface area (Å²) in [6.07, 6.45) is 1.72. The van der Waals surface area contributed by atoms with Crippen LogP contribution in [0.15, 0.2) is 56.8 Å². The molecule has 1 aliphatic rings. The molecule has 3 heterocycles. The summed E-state index contributed by atoms with van der Waals surface area (Å²) >= 11 is 2.70. The second-order valence-corrected chi connectivity index (χ2v) is 9.31. The molecule has 0 radical (unpaired) electrons. The minimum absolute atomic E-state index is 0.225. The second kappa shape index (κ2) is 9.78. The molecule has 0 aliphatic carbocycles. The summed E-state index contributed by atoms with van der Waals surface area (Å²) in [5.74, 6) is -0.280. The highest BCUT2D eigenvalue weighted by atomic mass is 32.1. The first-order valence-electron chi connectivity index (χ1n) is 10.4. The van der Waals surface area contributed by atoms with Gasteiger partial charge in [0.15, 0.2) is 16.3 Å². The van der Waals surface area contributed by atoms with E-state index in [1.807, 2.05) is 17.5 Å². The summed E-state index contributed by atoms with van der Waals surface area (Å²) in [5, 5.41) is 1.90. The van der Waals surface area contributed by atoms with Crippen molar-refractivity contribution in [2.24, 2.45) is 4.99 Å². The first-order valence-corrected chi connectivity index (χ1v) is 12.1. The zero-order valence-electron chi connectivity index (χ0n) is 19.0. The third-order valence-corrected chi connectivity index (χ3v) is 6.98. The van der Waals surface area contributed by atoms with Crippen LogP contribution in [-0.4, -0.2) is 30.2 Å². The highest BCUT2D eigenvalue weighted by Gasteiger charge is 2.33. The van der Waals surface area contributed by atoms with Crippen LogP contribution in [0.1, 0.15) is 37.3 Å². The van der Waals surface area contributed by atoms with Crippen molar-refractivity contribution in [1.29, 1.82) is 0 Å². The summed E-state index contributed by atoms with van der Waals surface area (Å²) in [4.78, 5) is 43.6. The van der Waals surface area contributed by atoms with Crippen LogP contribution in [-0.2, 0) is 14.3 Å². The molecular formula is C24H22N2O6S2. The number of carbonyl (C=O) groups is 2. The average molecular weight is 499 g/mol. The summed E-state index contributed by atoms with van der Waals surface area (Å²) in [6, 6.07) is 8.18. The molecule has 1 unspecified atom stereocenters. The number of nitrogens with zero attached hydrogens (tertiary/aromatic N) is 2. The fourth-order valence-electron chi connectivity index (χ4n) is 3.67. The number of aromatic nitrogens is 1. The van der Waals surface area contributed by atoms with Crippen LogP contribution in [0.2, 0.25) is 0 Å². The monoisotopic (exact) mass is 498 g/mol. The lowest BCUT2D eigenvalue weighted by atomic mass is 10.0. The first kappa shape index (κ1) is 23.7. The third-order valence-electron chi connectivity index (χ3n) is 5.07. The molecule has 34 heavy (non-hydrogen) atoms. The summed E-state index contributed by atoms with van der Waals surface area (Å²) in [7, 11) is 1.47. The Morgan fingerprint density at radius 2 is 2.03 bits per heavy atom. The number of ether oxygens (including phenoxy) is 3. The molecule has 1 aromatic carbocycles.